The van der Waals surface area contributed by atoms with E-state index in [1.165, 1.54) is 41.1 Å². The normalized spacial score (nSPS) is 14.0. The van der Waals surface area contributed by atoms with Gasteiger partial charge in [-0.3, -0.25) is 0 Å². The average molecular weight is 471 g/mol. The number of nitrogens with zero attached hydrogens (tertiary/aromatic N) is 4. The Morgan fingerprint density at radius 3 is 2.29 bits per heavy atom. The molecule has 1 aromatic heterocycles. The van der Waals surface area contributed by atoms with Gasteiger partial charge in [-0.15, -0.1) is 0 Å². The number of aliphatic hydroxyl groups excluding tert-OH is 1. The predicted molar refractivity (Wildman–Crippen MR) is 120 cm³/mol. The molecule has 175 valence electrons. The first-order chi connectivity index (χ1) is 16.1. The maximum atomic E-state index is 13.4. The van der Waals surface area contributed by atoms with Crippen LogP contribution >= 0.6 is 0 Å². The van der Waals surface area contributed by atoms with Crippen LogP contribution in [0.1, 0.15) is 23.2 Å². The van der Waals surface area contributed by atoms with Gasteiger partial charge in [0.1, 0.15) is 0 Å². The Kier molecular flexibility index (Phi) is 6.31. The Bertz CT molecular complexity index is 1220. The number of amides is 2. The molecule has 11 heteroatoms. The van der Waals surface area contributed by atoms with Gasteiger partial charge in [-0.05, 0) is 0 Å². The summed E-state index contributed by atoms with van der Waals surface area (Å²) in [6.45, 7) is 0.205. The molecular weight excluding hydrogens is 451 g/mol. The number of halogens is 4. The molecule has 0 aliphatic carbocycles. The number of imidazole rings is 1. The van der Waals surface area contributed by atoms with Crippen molar-refractivity contribution in [2.24, 2.45) is 0 Å². The van der Waals surface area contributed by atoms with Crippen LogP contribution in [0.4, 0.5) is 28.2 Å². The molecule has 34 heavy (non-hydrogen) atoms. The molecule has 0 atom stereocenters. The summed E-state index contributed by atoms with van der Waals surface area (Å²) in [5.74, 6) is 0.139. The van der Waals surface area contributed by atoms with Crippen LogP contribution in [0.3, 0.4) is 0 Å². The zero-order valence-corrected chi connectivity index (χ0v) is 18.2. The third kappa shape index (κ3) is 4.35. The molecule has 2 amide bonds. The summed E-state index contributed by atoms with van der Waals surface area (Å²) in [7, 11) is 7.90. The molecule has 1 N–H and O–H groups in total. The fourth-order valence-electron chi connectivity index (χ4n) is 3.83. The number of benzene rings is 2. The number of rotatable bonds is 6. The second-order valence-corrected chi connectivity index (χ2v) is 7.85. The van der Waals surface area contributed by atoms with Crippen molar-refractivity contribution >= 4 is 24.9 Å². The Hall–Kier alpha value is -3.47. The summed E-state index contributed by atoms with van der Waals surface area (Å²) in [5, 5.41) is 9.20. The summed E-state index contributed by atoms with van der Waals surface area (Å²) in [6, 6.07) is 9.84. The predicted octanol–water partition coefficient (Wildman–Crippen LogP) is 3.66. The number of carbonyl (C=O) groups is 1. The van der Waals surface area contributed by atoms with Gasteiger partial charge in [-0.1, -0.05) is 0 Å². The molecule has 0 unspecified atom stereocenters. The first-order valence-electron chi connectivity index (χ1n) is 10.4. The van der Waals surface area contributed by atoms with Gasteiger partial charge in [0.2, 0.25) is 0 Å². The van der Waals surface area contributed by atoms with E-state index < -0.39 is 23.6 Å². The molecule has 0 saturated carbocycles. The number of fused-ring (bicyclic) bond motifs is 1. The second kappa shape index (κ2) is 9.05. The average Bonchev–Trinajstić information content (AvgIpc) is 3.18. The molecule has 1 aliphatic rings. The van der Waals surface area contributed by atoms with E-state index >= 15 is 0 Å². The van der Waals surface area contributed by atoms with Crippen molar-refractivity contribution in [1.82, 2.24) is 14.5 Å². The van der Waals surface area contributed by atoms with Gasteiger partial charge in [0.05, 0.1) is 0 Å². The van der Waals surface area contributed by atoms with Crippen molar-refractivity contribution in [1.29, 1.82) is 0 Å². The zero-order chi connectivity index (χ0) is 24.6. The van der Waals surface area contributed by atoms with Gasteiger partial charge in [0.25, 0.3) is 0 Å². The topological polar surface area (TPSA) is 61.6 Å². The first-order valence-corrected chi connectivity index (χ1v) is 10.4. The van der Waals surface area contributed by atoms with E-state index in [4.69, 9.17) is 7.49 Å². The summed E-state index contributed by atoms with van der Waals surface area (Å²) in [6.07, 6.45) is -4.19. The molecule has 0 saturated heterocycles. The summed E-state index contributed by atoms with van der Waals surface area (Å²) < 4.78 is 54.3. The minimum absolute atomic E-state index is 0.110. The Labute approximate surface area is 194 Å². The Morgan fingerprint density at radius 1 is 1.06 bits per heavy atom. The number of hydrogen-bond donors (Lipinski definition) is 1. The van der Waals surface area contributed by atoms with Crippen molar-refractivity contribution in [3.8, 4) is 11.4 Å². The molecule has 0 spiro atoms. The van der Waals surface area contributed by atoms with Gasteiger partial charge in [-0.25, -0.2) is 0 Å². The molecule has 6 nitrogen and oxygen atoms in total. The number of aliphatic hydroxyl groups is 1. The van der Waals surface area contributed by atoms with Gasteiger partial charge in [-0.2, -0.15) is 0 Å². The monoisotopic (exact) mass is 471 g/mol. The fraction of sp³-hybridized carbons (Fsp3) is 0.261. The third-order valence-corrected chi connectivity index (χ3v) is 5.58. The molecule has 2 aromatic carbocycles. The van der Waals surface area contributed by atoms with Crippen LogP contribution in [0.15, 0.2) is 48.5 Å². The van der Waals surface area contributed by atoms with E-state index in [1.807, 2.05) is 0 Å². The SMILES string of the molecule is [B]=C1c2c(nc(-c3ccc(C(F)(F)F)cc3)n2Cc2ccc(F)cc2)N(C)C(=O)N1CCCO. The van der Waals surface area contributed by atoms with Crippen LogP contribution in [0, 0.1) is 5.82 Å². The number of hydrogen-bond acceptors (Lipinski definition) is 3. The van der Waals surface area contributed by atoms with E-state index in [0.717, 1.165) is 12.1 Å². The summed E-state index contributed by atoms with van der Waals surface area (Å²) in [5.41, 5.74) is 0.800. The van der Waals surface area contributed by atoms with Crippen molar-refractivity contribution in [2.75, 3.05) is 25.1 Å². The Morgan fingerprint density at radius 2 is 1.71 bits per heavy atom. The van der Waals surface area contributed by atoms with Gasteiger partial charge in [0, 0.05) is 0 Å². The fourth-order valence-corrected chi connectivity index (χ4v) is 3.83. The number of alkyl halides is 3. The van der Waals surface area contributed by atoms with Gasteiger partial charge < -0.3 is 0 Å². The van der Waals surface area contributed by atoms with Crippen LogP contribution in [0.25, 0.3) is 11.4 Å². The van der Waals surface area contributed by atoms with E-state index in [-0.39, 0.29) is 31.1 Å². The second-order valence-electron chi connectivity index (χ2n) is 7.85. The summed E-state index contributed by atoms with van der Waals surface area (Å²) in [4.78, 5) is 20.0. The van der Waals surface area contributed by atoms with Crippen LogP contribution in [0.2, 0.25) is 0 Å². The van der Waals surface area contributed by atoms with Gasteiger partial charge >= 0.3 is 194 Å². The Balaban J connectivity index is 1.86. The van der Waals surface area contributed by atoms with E-state index in [0.29, 0.717) is 29.1 Å². The molecule has 4 rings (SSSR count). The number of aromatic nitrogens is 2. The quantitative estimate of drug-likeness (QED) is 0.441. The van der Waals surface area contributed by atoms with E-state index in [9.17, 15) is 27.5 Å². The number of anilines is 1. The van der Waals surface area contributed by atoms with Gasteiger partial charge in [0.15, 0.2) is 0 Å². The van der Waals surface area contributed by atoms with Crippen molar-refractivity contribution < 1.29 is 27.5 Å². The molecule has 3 aromatic rings. The standard InChI is InChI=1S/C23H20BF4N4O2/c1-30-21-18(19(24)31(22(30)34)11-2-12-33)32(13-14-3-9-17(25)10-4-14)20(29-21)15-5-7-16(8-6-15)23(26,27)28/h3-10,33H,2,11-13H2,1H3. The number of urea groups is 1. The van der Waals surface area contributed by atoms with Crippen molar-refractivity contribution in [3.05, 3.63) is 71.2 Å². The molecule has 0 fully saturated rings. The zero-order valence-electron chi connectivity index (χ0n) is 18.2. The summed E-state index contributed by atoms with van der Waals surface area (Å²) >= 11 is 0. The van der Waals surface area contributed by atoms with Crippen LogP contribution < -0.4 is 4.90 Å². The molecular formula is C23H20BF4N4O2. The minimum atomic E-state index is -4.49. The first kappa shape index (κ1) is 23.7. The molecule has 0 bridgehead atoms. The maximum absolute atomic E-state index is 13.4. The molecule has 2 heterocycles. The van der Waals surface area contributed by atoms with E-state index in [1.54, 1.807) is 16.7 Å². The van der Waals surface area contributed by atoms with Crippen molar-refractivity contribution in [2.45, 2.75) is 19.1 Å². The van der Waals surface area contributed by atoms with Crippen LogP contribution in [0.5, 0.6) is 0 Å². The van der Waals surface area contributed by atoms with Crippen molar-refractivity contribution in [3.63, 3.8) is 0 Å². The van der Waals surface area contributed by atoms with Crippen LogP contribution in [-0.2, 0) is 12.7 Å². The van der Waals surface area contributed by atoms with Crippen LogP contribution in [-0.4, -0.2) is 58.9 Å². The molecule has 1 radical (unpaired) electrons. The molecule has 1 aliphatic heterocycles. The number of carbonyl (C=O) groups excluding carboxylic acids is 1. The van der Waals surface area contributed by atoms with E-state index in [2.05, 4.69) is 4.98 Å². The third-order valence-electron chi connectivity index (χ3n) is 5.58.